The molecule has 0 saturated carbocycles. The van der Waals surface area contributed by atoms with Crippen LogP contribution < -0.4 is 10.0 Å². The summed E-state index contributed by atoms with van der Waals surface area (Å²) >= 11 is 0. The predicted molar refractivity (Wildman–Crippen MR) is 85.0 cm³/mol. The molecule has 0 atom stereocenters. The second kappa shape index (κ2) is 6.58. The number of sulfonamides is 1. The molecule has 1 aromatic heterocycles. The molecule has 0 amide bonds. The molecule has 0 fully saturated rings. The summed E-state index contributed by atoms with van der Waals surface area (Å²) in [5.74, 6) is 0.314. The summed E-state index contributed by atoms with van der Waals surface area (Å²) in [5, 5.41) is 3.20. The maximum Gasteiger partial charge on any atom is 0.263 e. The number of benzene rings is 1. The SMILES string of the molecule is CCCNc1ccc(S(=O)(=O)Nc2ccc(C)cn2)cc1. The van der Waals surface area contributed by atoms with Gasteiger partial charge in [0.2, 0.25) is 0 Å². The van der Waals surface area contributed by atoms with Crippen molar-refractivity contribution in [2.75, 3.05) is 16.6 Å². The Morgan fingerprint density at radius 1 is 1.10 bits per heavy atom. The molecule has 0 radical (unpaired) electrons. The third kappa shape index (κ3) is 4.19. The van der Waals surface area contributed by atoms with Gasteiger partial charge in [0.05, 0.1) is 4.90 Å². The summed E-state index contributed by atoms with van der Waals surface area (Å²) in [6, 6.07) is 10.1. The van der Waals surface area contributed by atoms with Gasteiger partial charge in [-0.3, -0.25) is 4.72 Å². The third-order valence-electron chi connectivity index (χ3n) is 2.89. The van der Waals surface area contributed by atoms with Crippen molar-refractivity contribution < 1.29 is 8.42 Å². The van der Waals surface area contributed by atoms with Gasteiger partial charge in [-0.15, -0.1) is 0 Å². The van der Waals surface area contributed by atoms with Crippen LogP contribution in [-0.4, -0.2) is 19.9 Å². The van der Waals surface area contributed by atoms with Gasteiger partial charge in [-0.1, -0.05) is 13.0 Å². The van der Waals surface area contributed by atoms with Gasteiger partial charge in [0.25, 0.3) is 10.0 Å². The van der Waals surface area contributed by atoms with E-state index in [0.717, 1.165) is 24.2 Å². The van der Waals surface area contributed by atoms with Crippen molar-refractivity contribution in [3.63, 3.8) is 0 Å². The first-order valence-corrected chi connectivity index (χ1v) is 8.29. The van der Waals surface area contributed by atoms with Crippen LogP contribution in [0.2, 0.25) is 0 Å². The topological polar surface area (TPSA) is 71.1 Å². The standard InChI is InChI=1S/C15H19N3O2S/c1-3-10-16-13-5-7-14(8-6-13)21(19,20)18-15-9-4-12(2)11-17-15/h4-9,11,16H,3,10H2,1-2H3,(H,17,18). The molecule has 0 bridgehead atoms. The van der Waals surface area contributed by atoms with Crippen LogP contribution in [0.25, 0.3) is 0 Å². The number of nitrogens with one attached hydrogen (secondary N) is 2. The smallest absolute Gasteiger partial charge is 0.263 e. The largest absolute Gasteiger partial charge is 0.385 e. The lowest BCUT2D eigenvalue weighted by molar-refractivity contribution is 0.601. The Kier molecular flexibility index (Phi) is 4.80. The quantitative estimate of drug-likeness (QED) is 0.860. The Morgan fingerprint density at radius 2 is 1.81 bits per heavy atom. The summed E-state index contributed by atoms with van der Waals surface area (Å²) in [7, 11) is -3.60. The lowest BCUT2D eigenvalue weighted by Crippen LogP contribution is -2.14. The molecule has 21 heavy (non-hydrogen) atoms. The summed E-state index contributed by atoms with van der Waals surface area (Å²) < 4.78 is 26.9. The van der Waals surface area contributed by atoms with Crippen molar-refractivity contribution in [2.24, 2.45) is 0 Å². The lowest BCUT2D eigenvalue weighted by Gasteiger charge is -2.09. The first-order valence-electron chi connectivity index (χ1n) is 6.80. The molecular weight excluding hydrogens is 286 g/mol. The van der Waals surface area contributed by atoms with E-state index in [-0.39, 0.29) is 4.90 Å². The molecule has 2 aromatic rings. The Morgan fingerprint density at radius 3 is 2.38 bits per heavy atom. The van der Waals surface area contributed by atoms with Gasteiger partial charge in [0.15, 0.2) is 0 Å². The van der Waals surface area contributed by atoms with Crippen LogP contribution in [0.4, 0.5) is 11.5 Å². The van der Waals surface area contributed by atoms with Gasteiger partial charge in [0.1, 0.15) is 5.82 Å². The second-order valence-corrected chi connectivity index (χ2v) is 6.46. The van der Waals surface area contributed by atoms with Crippen molar-refractivity contribution in [3.8, 4) is 0 Å². The maximum atomic E-state index is 12.2. The molecule has 0 unspecified atom stereocenters. The van der Waals surface area contributed by atoms with Crippen LogP contribution in [0.1, 0.15) is 18.9 Å². The Hall–Kier alpha value is -2.08. The van der Waals surface area contributed by atoms with Crippen LogP contribution in [0.5, 0.6) is 0 Å². The lowest BCUT2D eigenvalue weighted by atomic mass is 10.3. The molecule has 0 aliphatic rings. The number of hydrogen-bond donors (Lipinski definition) is 2. The van der Waals surface area contributed by atoms with E-state index in [1.165, 1.54) is 0 Å². The number of aromatic nitrogens is 1. The van der Waals surface area contributed by atoms with Crippen LogP contribution in [0.15, 0.2) is 47.5 Å². The summed E-state index contributed by atoms with van der Waals surface area (Å²) in [4.78, 5) is 4.26. The number of aryl methyl sites for hydroxylation is 1. The van der Waals surface area contributed by atoms with E-state index in [2.05, 4.69) is 21.9 Å². The zero-order valence-corrected chi connectivity index (χ0v) is 12.9. The van der Waals surface area contributed by atoms with Crippen LogP contribution in [0, 0.1) is 6.92 Å². The predicted octanol–water partition coefficient (Wildman–Crippen LogP) is 3.01. The monoisotopic (exact) mass is 305 g/mol. The fourth-order valence-electron chi connectivity index (χ4n) is 1.75. The highest BCUT2D eigenvalue weighted by atomic mass is 32.2. The molecule has 0 aliphatic carbocycles. The molecule has 2 N–H and O–H groups in total. The van der Waals surface area contributed by atoms with Gasteiger partial charge in [-0.25, -0.2) is 13.4 Å². The Labute approximate surface area is 125 Å². The molecular formula is C15H19N3O2S. The number of nitrogens with zero attached hydrogens (tertiary/aromatic N) is 1. The molecule has 1 heterocycles. The molecule has 1 aromatic carbocycles. The molecule has 0 aliphatic heterocycles. The second-order valence-electron chi connectivity index (χ2n) is 4.78. The fourth-order valence-corrected chi connectivity index (χ4v) is 2.75. The van der Waals surface area contributed by atoms with E-state index in [1.807, 2.05) is 13.0 Å². The maximum absolute atomic E-state index is 12.2. The van der Waals surface area contributed by atoms with E-state index in [1.54, 1.807) is 36.5 Å². The Bertz CT molecular complexity index is 680. The van der Waals surface area contributed by atoms with Gasteiger partial charge in [0, 0.05) is 18.4 Å². The molecule has 2 rings (SSSR count). The van der Waals surface area contributed by atoms with Crippen molar-refractivity contribution in [1.82, 2.24) is 4.98 Å². The average Bonchev–Trinajstić information content (AvgIpc) is 2.48. The highest BCUT2D eigenvalue weighted by Crippen LogP contribution is 2.17. The first-order chi connectivity index (χ1) is 10.0. The van der Waals surface area contributed by atoms with Crippen LogP contribution in [0.3, 0.4) is 0 Å². The summed E-state index contributed by atoms with van der Waals surface area (Å²) in [5.41, 5.74) is 1.88. The van der Waals surface area contributed by atoms with Gasteiger partial charge in [-0.05, 0) is 49.2 Å². The average molecular weight is 305 g/mol. The highest BCUT2D eigenvalue weighted by Gasteiger charge is 2.14. The molecule has 5 nitrogen and oxygen atoms in total. The minimum atomic E-state index is -3.60. The molecule has 6 heteroatoms. The molecule has 0 spiro atoms. The number of anilines is 2. The van der Waals surface area contributed by atoms with E-state index < -0.39 is 10.0 Å². The highest BCUT2D eigenvalue weighted by molar-refractivity contribution is 7.92. The molecule has 112 valence electrons. The van der Waals surface area contributed by atoms with E-state index in [0.29, 0.717) is 5.82 Å². The Balaban J connectivity index is 2.13. The third-order valence-corrected chi connectivity index (χ3v) is 4.26. The minimum absolute atomic E-state index is 0.215. The van der Waals surface area contributed by atoms with Crippen molar-refractivity contribution in [3.05, 3.63) is 48.2 Å². The van der Waals surface area contributed by atoms with Gasteiger partial charge >= 0.3 is 0 Å². The summed E-state index contributed by atoms with van der Waals surface area (Å²) in [6.07, 6.45) is 2.64. The first kappa shape index (κ1) is 15.3. The van der Waals surface area contributed by atoms with E-state index >= 15 is 0 Å². The van der Waals surface area contributed by atoms with E-state index in [4.69, 9.17) is 0 Å². The van der Waals surface area contributed by atoms with Crippen LogP contribution in [-0.2, 0) is 10.0 Å². The van der Waals surface area contributed by atoms with Gasteiger partial charge in [-0.2, -0.15) is 0 Å². The summed E-state index contributed by atoms with van der Waals surface area (Å²) in [6.45, 7) is 4.83. The normalized spacial score (nSPS) is 11.1. The zero-order chi connectivity index (χ0) is 15.3. The van der Waals surface area contributed by atoms with Crippen LogP contribution >= 0.6 is 0 Å². The zero-order valence-electron chi connectivity index (χ0n) is 12.1. The number of hydrogen-bond acceptors (Lipinski definition) is 4. The van der Waals surface area contributed by atoms with Crippen molar-refractivity contribution in [1.29, 1.82) is 0 Å². The minimum Gasteiger partial charge on any atom is -0.385 e. The fraction of sp³-hybridized carbons (Fsp3) is 0.267. The number of pyridine rings is 1. The van der Waals surface area contributed by atoms with Gasteiger partial charge < -0.3 is 5.32 Å². The number of rotatable bonds is 6. The molecule has 0 saturated heterocycles. The van der Waals surface area contributed by atoms with E-state index in [9.17, 15) is 8.42 Å². The van der Waals surface area contributed by atoms with Crippen molar-refractivity contribution in [2.45, 2.75) is 25.2 Å². The van der Waals surface area contributed by atoms with Crippen molar-refractivity contribution >= 4 is 21.5 Å².